The Morgan fingerprint density at radius 3 is 2.48 bits per heavy atom. The van der Waals surface area contributed by atoms with Crippen molar-refractivity contribution in [2.24, 2.45) is 0 Å². The SMILES string of the molecule is Nc1nc(N2CCC(N3CCCC3)C2)c2c(n1)C1(CCCC1)CCC2. The molecule has 4 aliphatic rings. The summed E-state index contributed by atoms with van der Waals surface area (Å²) in [4.78, 5) is 14.8. The third-order valence-electron chi connectivity index (χ3n) is 7.27. The predicted molar refractivity (Wildman–Crippen MR) is 101 cm³/mol. The van der Waals surface area contributed by atoms with Crippen LogP contribution in [0.25, 0.3) is 0 Å². The number of aromatic nitrogens is 2. The van der Waals surface area contributed by atoms with Crippen molar-refractivity contribution in [1.29, 1.82) is 0 Å². The van der Waals surface area contributed by atoms with Crippen molar-refractivity contribution < 1.29 is 0 Å². The van der Waals surface area contributed by atoms with Gasteiger partial charge in [0.1, 0.15) is 5.82 Å². The lowest BCUT2D eigenvalue weighted by Gasteiger charge is -2.36. The van der Waals surface area contributed by atoms with Crippen molar-refractivity contribution in [3.63, 3.8) is 0 Å². The summed E-state index contributed by atoms with van der Waals surface area (Å²) in [7, 11) is 0. The third kappa shape index (κ3) is 2.62. The van der Waals surface area contributed by atoms with Gasteiger partial charge in [-0.05, 0) is 64.5 Å². The van der Waals surface area contributed by atoms with E-state index in [0.29, 0.717) is 17.4 Å². The highest BCUT2D eigenvalue weighted by Gasteiger charge is 2.42. The van der Waals surface area contributed by atoms with Gasteiger partial charge in [0.05, 0.1) is 5.69 Å². The third-order valence-corrected chi connectivity index (χ3v) is 7.27. The van der Waals surface area contributed by atoms with Crippen LogP contribution in [-0.2, 0) is 11.8 Å². The van der Waals surface area contributed by atoms with Gasteiger partial charge in [-0.3, -0.25) is 4.90 Å². The molecule has 2 saturated heterocycles. The number of anilines is 2. The predicted octanol–water partition coefficient (Wildman–Crippen LogP) is 2.88. The van der Waals surface area contributed by atoms with E-state index in [1.807, 2.05) is 0 Å². The molecular formula is C20H31N5. The first kappa shape index (κ1) is 15.9. The Morgan fingerprint density at radius 2 is 1.68 bits per heavy atom. The van der Waals surface area contributed by atoms with Gasteiger partial charge in [-0.2, -0.15) is 4.98 Å². The summed E-state index contributed by atoms with van der Waals surface area (Å²) in [6.45, 7) is 4.81. The van der Waals surface area contributed by atoms with Gasteiger partial charge in [-0.1, -0.05) is 12.8 Å². The van der Waals surface area contributed by atoms with Crippen LogP contribution in [-0.4, -0.2) is 47.1 Å². The van der Waals surface area contributed by atoms with E-state index < -0.39 is 0 Å². The molecule has 1 unspecified atom stereocenters. The molecule has 3 heterocycles. The molecule has 0 bridgehead atoms. The van der Waals surface area contributed by atoms with Gasteiger partial charge in [0.2, 0.25) is 5.95 Å². The Bertz CT molecular complexity index is 646. The van der Waals surface area contributed by atoms with Crippen LogP contribution in [0.5, 0.6) is 0 Å². The lowest BCUT2D eigenvalue weighted by atomic mass is 9.71. The molecule has 1 atom stereocenters. The fourth-order valence-corrected chi connectivity index (χ4v) is 6.02. The lowest BCUT2D eigenvalue weighted by molar-refractivity contribution is 0.260. The second kappa shape index (κ2) is 6.11. The van der Waals surface area contributed by atoms with E-state index in [1.54, 1.807) is 0 Å². The van der Waals surface area contributed by atoms with Crippen LogP contribution in [0.1, 0.15) is 69.0 Å². The molecule has 0 radical (unpaired) electrons. The van der Waals surface area contributed by atoms with Crippen LogP contribution in [0, 0.1) is 0 Å². The molecule has 0 amide bonds. The molecule has 2 N–H and O–H groups in total. The van der Waals surface area contributed by atoms with Gasteiger partial charge in [0, 0.05) is 30.1 Å². The first-order chi connectivity index (χ1) is 12.3. The smallest absolute Gasteiger partial charge is 0.222 e. The molecule has 136 valence electrons. The molecule has 5 rings (SSSR count). The van der Waals surface area contributed by atoms with Crippen molar-refractivity contribution in [3.05, 3.63) is 11.3 Å². The van der Waals surface area contributed by atoms with Crippen LogP contribution < -0.4 is 10.6 Å². The Labute approximate surface area is 151 Å². The molecule has 1 aromatic rings. The first-order valence-corrected chi connectivity index (χ1v) is 10.4. The molecule has 2 aliphatic heterocycles. The van der Waals surface area contributed by atoms with Gasteiger partial charge in [0.25, 0.3) is 0 Å². The van der Waals surface area contributed by atoms with Crippen molar-refractivity contribution >= 4 is 11.8 Å². The molecular weight excluding hydrogens is 310 g/mol. The minimum Gasteiger partial charge on any atom is -0.368 e. The summed E-state index contributed by atoms with van der Waals surface area (Å²) in [6.07, 6.45) is 13.0. The van der Waals surface area contributed by atoms with Crippen molar-refractivity contribution in [2.45, 2.75) is 75.7 Å². The molecule has 5 nitrogen and oxygen atoms in total. The second-order valence-corrected chi connectivity index (χ2v) is 8.71. The molecule has 1 aromatic heterocycles. The molecule has 1 saturated carbocycles. The van der Waals surface area contributed by atoms with Crippen LogP contribution >= 0.6 is 0 Å². The van der Waals surface area contributed by atoms with E-state index in [4.69, 9.17) is 15.7 Å². The number of fused-ring (bicyclic) bond motifs is 2. The minimum atomic E-state index is 0.313. The highest BCUT2D eigenvalue weighted by molar-refractivity contribution is 5.56. The number of hydrogen-bond donors (Lipinski definition) is 1. The van der Waals surface area contributed by atoms with Crippen LogP contribution in [0.4, 0.5) is 11.8 Å². The monoisotopic (exact) mass is 341 g/mol. The number of nitrogen functional groups attached to an aromatic ring is 1. The Kier molecular flexibility index (Phi) is 3.88. The zero-order chi connectivity index (χ0) is 16.9. The Hall–Kier alpha value is -1.36. The van der Waals surface area contributed by atoms with Crippen LogP contribution in [0.2, 0.25) is 0 Å². The molecule has 25 heavy (non-hydrogen) atoms. The summed E-state index contributed by atoms with van der Waals surface area (Å²) >= 11 is 0. The lowest BCUT2D eigenvalue weighted by Crippen LogP contribution is -2.37. The number of rotatable bonds is 2. The highest BCUT2D eigenvalue weighted by atomic mass is 15.3. The average Bonchev–Trinajstić information content (AvgIpc) is 3.37. The summed E-state index contributed by atoms with van der Waals surface area (Å²) in [5.41, 5.74) is 9.27. The topological polar surface area (TPSA) is 58.3 Å². The van der Waals surface area contributed by atoms with E-state index in [9.17, 15) is 0 Å². The highest BCUT2D eigenvalue weighted by Crippen LogP contribution is 2.49. The minimum absolute atomic E-state index is 0.313. The molecule has 1 spiro atoms. The van der Waals surface area contributed by atoms with E-state index in [2.05, 4.69) is 9.80 Å². The van der Waals surface area contributed by atoms with Gasteiger partial charge >= 0.3 is 0 Å². The number of hydrogen-bond acceptors (Lipinski definition) is 5. The number of nitrogens with zero attached hydrogens (tertiary/aromatic N) is 4. The van der Waals surface area contributed by atoms with Gasteiger partial charge < -0.3 is 10.6 Å². The van der Waals surface area contributed by atoms with Gasteiger partial charge in [0.15, 0.2) is 0 Å². The maximum Gasteiger partial charge on any atom is 0.222 e. The van der Waals surface area contributed by atoms with E-state index >= 15 is 0 Å². The first-order valence-electron chi connectivity index (χ1n) is 10.4. The zero-order valence-corrected chi connectivity index (χ0v) is 15.3. The van der Waals surface area contributed by atoms with E-state index in [-0.39, 0.29) is 0 Å². The molecule has 0 aromatic carbocycles. The maximum absolute atomic E-state index is 6.20. The number of likely N-dealkylation sites (tertiary alicyclic amines) is 1. The number of nitrogens with two attached hydrogens (primary N) is 1. The van der Waals surface area contributed by atoms with Gasteiger partial charge in [-0.25, -0.2) is 4.98 Å². The van der Waals surface area contributed by atoms with Crippen LogP contribution in [0.15, 0.2) is 0 Å². The molecule has 5 heteroatoms. The van der Waals surface area contributed by atoms with Crippen molar-refractivity contribution in [1.82, 2.24) is 14.9 Å². The Morgan fingerprint density at radius 1 is 0.920 bits per heavy atom. The van der Waals surface area contributed by atoms with Crippen molar-refractivity contribution in [2.75, 3.05) is 36.8 Å². The zero-order valence-electron chi connectivity index (χ0n) is 15.3. The van der Waals surface area contributed by atoms with E-state index in [0.717, 1.165) is 19.5 Å². The Balaban J connectivity index is 1.47. The van der Waals surface area contributed by atoms with Crippen molar-refractivity contribution in [3.8, 4) is 0 Å². The normalized spacial score (nSPS) is 28.8. The van der Waals surface area contributed by atoms with Gasteiger partial charge in [-0.15, -0.1) is 0 Å². The summed E-state index contributed by atoms with van der Waals surface area (Å²) < 4.78 is 0. The standard InChI is InChI=1S/C20H31N5/c21-19-22-17-16(6-5-10-20(17)8-1-2-9-20)18(23-19)25-13-7-15(14-25)24-11-3-4-12-24/h15H,1-14H2,(H2,21,22,23). The van der Waals surface area contributed by atoms with Crippen LogP contribution in [0.3, 0.4) is 0 Å². The quantitative estimate of drug-likeness (QED) is 0.896. The average molecular weight is 342 g/mol. The molecule has 2 aliphatic carbocycles. The fraction of sp³-hybridized carbons (Fsp3) is 0.800. The molecule has 3 fully saturated rings. The summed E-state index contributed by atoms with van der Waals surface area (Å²) in [6, 6.07) is 0.707. The second-order valence-electron chi connectivity index (χ2n) is 8.71. The van der Waals surface area contributed by atoms with E-state index in [1.165, 1.54) is 88.0 Å². The fourth-order valence-electron chi connectivity index (χ4n) is 6.02. The maximum atomic E-state index is 6.20. The largest absolute Gasteiger partial charge is 0.368 e. The summed E-state index contributed by atoms with van der Waals surface area (Å²) in [5, 5.41) is 0. The summed E-state index contributed by atoms with van der Waals surface area (Å²) in [5.74, 6) is 1.67.